The number of esters is 1. The summed E-state index contributed by atoms with van der Waals surface area (Å²) in [5, 5.41) is 6.59. The summed E-state index contributed by atoms with van der Waals surface area (Å²) in [4.78, 5) is 36.1. The van der Waals surface area contributed by atoms with Crippen LogP contribution in [0.2, 0.25) is 0 Å². The predicted octanol–water partition coefficient (Wildman–Crippen LogP) is 0.984. The highest BCUT2D eigenvalue weighted by Gasteiger charge is 2.17. The molecular weight excluding hydrogens is 388 g/mol. The van der Waals surface area contributed by atoms with Crippen LogP contribution in [0.1, 0.15) is 22.3 Å². The number of carbonyl (C=O) groups excluding carboxylic acids is 1. The van der Waals surface area contributed by atoms with E-state index < -0.39 is 5.97 Å². The summed E-state index contributed by atoms with van der Waals surface area (Å²) in [6.45, 7) is 2.94. The number of ether oxygens (including phenoxy) is 2. The Morgan fingerprint density at radius 1 is 1.37 bits per heavy atom. The third-order valence-electron chi connectivity index (χ3n) is 5.25. The molecule has 1 fully saturated rings. The average molecular weight is 412 g/mol. The molecule has 30 heavy (non-hydrogen) atoms. The number of benzene rings is 1. The number of anilines is 1. The molecule has 0 saturated carbocycles. The Hall–Kier alpha value is -3.40. The number of nitrogens with zero attached hydrogens (tertiary/aromatic N) is 3. The van der Waals surface area contributed by atoms with Crippen LogP contribution in [0.5, 0.6) is 5.75 Å². The van der Waals surface area contributed by atoms with E-state index in [1.54, 1.807) is 24.4 Å². The molecule has 1 saturated heterocycles. The van der Waals surface area contributed by atoms with Gasteiger partial charge in [-0.1, -0.05) is 0 Å². The molecule has 10 heteroatoms. The lowest BCUT2D eigenvalue weighted by atomic mass is 10.1. The summed E-state index contributed by atoms with van der Waals surface area (Å²) >= 11 is 0. The smallest absolute Gasteiger partial charge is 0.337 e. The lowest BCUT2D eigenvalue weighted by Gasteiger charge is -2.12. The number of hydrogen-bond donors (Lipinski definition) is 3. The fourth-order valence-electron chi connectivity index (χ4n) is 3.62. The molecule has 2 aromatic heterocycles. The summed E-state index contributed by atoms with van der Waals surface area (Å²) in [5.41, 5.74) is 1.74. The van der Waals surface area contributed by atoms with E-state index in [1.807, 2.05) is 0 Å². The van der Waals surface area contributed by atoms with Gasteiger partial charge in [-0.05, 0) is 43.6 Å². The van der Waals surface area contributed by atoms with Crippen molar-refractivity contribution in [3.8, 4) is 5.75 Å². The van der Waals surface area contributed by atoms with Gasteiger partial charge in [0.2, 0.25) is 5.95 Å². The molecule has 3 heterocycles. The minimum atomic E-state index is -0.458. The fraction of sp³-hybridized carbons (Fsp3) is 0.400. The lowest BCUT2D eigenvalue weighted by molar-refractivity contribution is 0.0600. The van der Waals surface area contributed by atoms with Crippen LogP contribution in [0.25, 0.3) is 11.2 Å². The Labute approximate surface area is 172 Å². The minimum absolute atomic E-state index is 0.176. The number of H-pyrrole nitrogens is 1. The molecule has 3 N–H and O–H groups in total. The number of fused-ring (bicyclic) bond motifs is 1. The van der Waals surface area contributed by atoms with Crippen LogP contribution in [0, 0.1) is 5.92 Å². The van der Waals surface area contributed by atoms with Crippen molar-refractivity contribution < 1.29 is 14.3 Å². The highest BCUT2D eigenvalue weighted by atomic mass is 16.5. The van der Waals surface area contributed by atoms with Crippen molar-refractivity contribution in [3.05, 3.63) is 46.0 Å². The van der Waals surface area contributed by atoms with Crippen LogP contribution in [0.4, 0.5) is 5.95 Å². The Morgan fingerprint density at radius 2 is 2.23 bits per heavy atom. The van der Waals surface area contributed by atoms with Gasteiger partial charge in [-0.3, -0.25) is 4.57 Å². The normalized spacial score (nSPS) is 16.0. The van der Waals surface area contributed by atoms with Gasteiger partial charge in [0.1, 0.15) is 11.3 Å². The van der Waals surface area contributed by atoms with Gasteiger partial charge in [0.05, 0.1) is 32.5 Å². The summed E-state index contributed by atoms with van der Waals surface area (Å²) in [5.74, 6) is 1.10. The van der Waals surface area contributed by atoms with Gasteiger partial charge >= 0.3 is 11.7 Å². The van der Waals surface area contributed by atoms with Gasteiger partial charge in [0, 0.05) is 12.1 Å². The van der Waals surface area contributed by atoms with Gasteiger partial charge in [0.15, 0.2) is 5.65 Å². The average Bonchev–Trinajstić information content (AvgIpc) is 3.39. The molecule has 1 aliphatic rings. The molecule has 0 bridgehead atoms. The summed E-state index contributed by atoms with van der Waals surface area (Å²) in [6.07, 6.45) is 2.71. The first-order valence-electron chi connectivity index (χ1n) is 9.74. The van der Waals surface area contributed by atoms with E-state index in [9.17, 15) is 9.59 Å². The number of imidazole rings is 1. The number of carbonyl (C=O) groups is 1. The van der Waals surface area contributed by atoms with E-state index >= 15 is 0 Å². The Morgan fingerprint density at radius 3 is 2.97 bits per heavy atom. The second-order valence-electron chi connectivity index (χ2n) is 7.21. The molecule has 4 rings (SSSR count). The highest BCUT2D eigenvalue weighted by molar-refractivity contribution is 5.89. The van der Waals surface area contributed by atoms with E-state index in [0.29, 0.717) is 39.9 Å². The van der Waals surface area contributed by atoms with Crippen LogP contribution >= 0.6 is 0 Å². The molecule has 1 aliphatic heterocycles. The van der Waals surface area contributed by atoms with Gasteiger partial charge < -0.3 is 25.1 Å². The van der Waals surface area contributed by atoms with Crippen molar-refractivity contribution >= 4 is 23.1 Å². The molecule has 0 spiro atoms. The Bertz CT molecular complexity index is 1120. The third kappa shape index (κ3) is 3.99. The molecular formula is C20H24N6O4. The molecule has 0 aliphatic carbocycles. The topological polar surface area (TPSA) is 123 Å². The predicted molar refractivity (Wildman–Crippen MR) is 111 cm³/mol. The van der Waals surface area contributed by atoms with E-state index in [1.165, 1.54) is 18.8 Å². The first-order valence-corrected chi connectivity index (χ1v) is 9.74. The standard InChI is InChI=1S/C20H24N6O4/c1-29-16-4-3-13(18(27)30-2)7-14(16)11-26-17-15(24-20(26)28)10-23-19(25-17)22-9-12-5-6-21-8-12/h3-4,7,10,12,21H,5-6,8-9,11H2,1-2H3,(H,24,28)(H,22,23,25)/t12-/m1/s1. The van der Waals surface area contributed by atoms with Crippen LogP contribution in [-0.2, 0) is 11.3 Å². The number of aromatic amines is 1. The molecule has 3 aromatic rings. The van der Waals surface area contributed by atoms with Crippen LogP contribution in [0.3, 0.4) is 0 Å². The summed E-state index contributed by atoms with van der Waals surface area (Å²) in [6, 6.07) is 4.96. The molecule has 10 nitrogen and oxygen atoms in total. The molecule has 0 radical (unpaired) electrons. The Kier molecular flexibility index (Phi) is 5.66. The van der Waals surface area contributed by atoms with Crippen molar-refractivity contribution in [2.45, 2.75) is 13.0 Å². The number of nitrogens with one attached hydrogen (secondary N) is 3. The largest absolute Gasteiger partial charge is 0.496 e. The van der Waals surface area contributed by atoms with Crippen LogP contribution in [0.15, 0.2) is 29.2 Å². The zero-order chi connectivity index (χ0) is 21.1. The van der Waals surface area contributed by atoms with Crippen LogP contribution in [-0.4, -0.2) is 59.3 Å². The number of methoxy groups -OCH3 is 2. The first-order chi connectivity index (χ1) is 14.6. The molecule has 0 amide bonds. The molecule has 1 atom stereocenters. The maximum atomic E-state index is 12.6. The zero-order valence-corrected chi connectivity index (χ0v) is 16.9. The molecule has 1 aromatic carbocycles. The monoisotopic (exact) mass is 412 g/mol. The van der Waals surface area contributed by atoms with Crippen molar-refractivity contribution in [2.75, 3.05) is 39.2 Å². The zero-order valence-electron chi connectivity index (χ0n) is 16.9. The first kappa shape index (κ1) is 19.9. The van der Waals surface area contributed by atoms with Crippen molar-refractivity contribution in [1.29, 1.82) is 0 Å². The number of hydrogen-bond acceptors (Lipinski definition) is 8. The third-order valence-corrected chi connectivity index (χ3v) is 5.25. The number of aromatic nitrogens is 4. The summed E-state index contributed by atoms with van der Waals surface area (Å²) < 4.78 is 11.7. The quantitative estimate of drug-likeness (QED) is 0.491. The summed E-state index contributed by atoms with van der Waals surface area (Å²) in [7, 11) is 2.86. The van der Waals surface area contributed by atoms with Gasteiger partial charge in [-0.25, -0.2) is 14.6 Å². The number of rotatable bonds is 7. The van der Waals surface area contributed by atoms with Gasteiger partial charge in [-0.2, -0.15) is 4.98 Å². The van der Waals surface area contributed by atoms with Crippen molar-refractivity contribution in [2.24, 2.45) is 5.92 Å². The van der Waals surface area contributed by atoms with E-state index in [2.05, 4.69) is 25.6 Å². The van der Waals surface area contributed by atoms with Crippen molar-refractivity contribution in [3.63, 3.8) is 0 Å². The maximum absolute atomic E-state index is 12.6. The van der Waals surface area contributed by atoms with E-state index in [0.717, 1.165) is 26.1 Å². The van der Waals surface area contributed by atoms with Gasteiger partial charge in [0.25, 0.3) is 0 Å². The van der Waals surface area contributed by atoms with Crippen LogP contribution < -0.4 is 21.1 Å². The van der Waals surface area contributed by atoms with E-state index in [4.69, 9.17) is 9.47 Å². The second-order valence-corrected chi connectivity index (χ2v) is 7.21. The molecule has 158 valence electrons. The molecule has 0 unspecified atom stereocenters. The van der Waals surface area contributed by atoms with Crippen molar-refractivity contribution in [1.82, 2.24) is 24.8 Å². The Balaban J connectivity index is 1.65. The maximum Gasteiger partial charge on any atom is 0.337 e. The second kappa shape index (κ2) is 8.54. The van der Waals surface area contributed by atoms with Gasteiger partial charge in [-0.15, -0.1) is 0 Å². The lowest BCUT2D eigenvalue weighted by Crippen LogP contribution is -2.20. The fourth-order valence-corrected chi connectivity index (χ4v) is 3.62. The minimum Gasteiger partial charge on any atom is -0.496 e. The highest BCUT2D eigenvalue weighted by Crippen LogP contribution is 2.22. The van der Waals surface area contributed by atoms with E-state index in [-0.39, 0.29) is 12.2 Å². The SMILES string of the molecule is COC(=O)c1ccc(OC)c(Cn2c(=O)[nH]c3cnc(NC[C@@H]4CCNC4)nc32)c1.